The molecule has 2 rings (SSSR count). The first-order valence-corrected chi connectivity index (χ1v) is 9.29. The summed E-state index contributed by atoms with van der Waals surface area (Å²) in [6, 6.07) is 7.99. The normalized spacial score (nSPS) is 16.1. The Morgan fingerprint density at radius 2 is 2.15 bits per heavy atom. The van der Waals surface area contributed by atoms with E-state index >= 15 is 0 Å². The number of guanidine groups is 1. The zero-order valence-corrected chi connectivity index (χ0v) is 16.2. The molecule has 1 amide bonds. The Labute approximate surface area is 161 Å². The van der Waals surface area contributed by atoms with Gasteiger partial charge in [-0.2, -0.15) is 0 Å². The van der Waals surface area contributed by atoms with Crippen LogP contribution in [0.15, 0.2) is 29.3 Å². The highest BCUT2D eigenvalue weighted by Gasteiger charge is 2.19. The van der Waals surface area contributed by atoms with Crippen LogP contribution in [0.5, 0.6) is 5.75 Å². The third-order valence-corrected chi connectivity index (χ3v) is 4.50. The van der Waals surface area contributed by atoms with Crippen LogP contribution in [0.25, 0.3) is 0 Å². The lowest BCUT2D eigenvalue weighted by atomic mass is 10.1. The third kappa shape index (κ3) is 7.84. The van der Waals surface area contributed by atoms with Gasteiger partial charge in [-0.3, -0.25) is 9.79 Å². The van der Waals surface area contributed by atoms with E-state index in [2.05, 4.69) is 20.5 Å². The Morgan fingerprint density at radius 1 is 1.37 bits per heavy atom. The number of hydrogen-bond acceptors (Lipinski definition) is 5. The molecule has 150 valence electrons. The molecular weight excluding hydrogens is 346 g/mol. The Balaban J connectivity index is 1.76. The van der Waals surface area contributed by atoms with Gasteiger partial charge in [-0.1, -0.05) is 12.1 Å². The first kappa shape index (κ1) is 21.0. The van der Waals surface area contributed by atoms with Gasteiger partial charge in [0.25, 0.3) is 5.91 Å². The molecule has 1 aliphatic heterocycles. The lowest BCUT2D eigenvalue weighted by molar-refractivity contribution is -0.119. The molecule has 0 saturated carbocycles. The Morgan fingerprint density at radius 3 is 2.81 bits per heavy atom. The Bertz CT molecular complexity index is 615. The zero-order valence-electron chi connectivity index (χ0n) is 16.2. The summed E-state index contributed by atoms with van der Waals surface area (Å²) in [5.41, 5.74) is 6.14. The van der Waals surface area contributed by atoms with E-state index in [1.54, 1.807) is 20.2 Å². The average Bonchev–Trinajstić information content (AvgIpc) is 2.69. The van der Waals surface area contributed by atoms with Gasteiger partial charge >= 0.3 is 0 Å². The van der Waals surface area contributed by atoms with Crippen LogP contribution in [0.2, 0.25) is 0 Å². The van der Waals surface area contributed by atoms with Crippen LogP contribution in [-0.2, 0) is 16.1 Å². The van der Waals surface area contributed by atoms with Crippen molar-refractivity contribution in [3.63, 3.8) is 0 Å². The largest absolute Gasteiger partial charge is 0.484 e. The minimum Gasteiger partial charge on any atom is -0.484 e. The van der Waals surface area contributed by atoms with Gasteiger partial charge in [-0.15, -0.1) is 0 Å². The molecule has 0 spiro atoms. The molecule has 0 unspecified atom stereocenters. The topological polar surface area (TPSA) is 101 Å². The zero-order chi connectivity index (χ0) is 19.5. The minimum atomic E-state index is -0.489. The molecule has 1 heterocycles. The maximum Gasteiger partial charge on any atom is 0.255 e. The molecule has 8 heteroatoms. The summed E-state index contributed by atoms with van der Waals surface area (Å²) in [5, 5.41) is 6.82. The molecule has 1 saturated heterocycles. The molecule has 0 atom stereocenters. The standard InChI is InChI=1S/C19H31N5O3/c1-21-19(23-16-6-8-24(9-7-16)10-11-26-2)22-13-15-4-3-5-17(12-15)27-14-18(20)25/h3-5,12,16H,6-11,13-14H2,1-2H3,(H2,20,25)(H2,21,22,23). The van der Waals surface area contributed by atoms with E-state index in [0.29, 0.717) is 18.3 Å². The van der Waals surface area contributed by atoms with Gasteiger partial charge in [0.05, 0.1) is 6.61 Å². The molecule has 0 aliphatic carbocycles. The van der Waals surface area contributed by atoms with Crippen LogP contribution >= 0.6 is 0 Å². The minimum absolute atomic E-state index is 0.122. The van der Waals surface area contributed by atoms with Crippen LogP contribution in [-0.4, -0.2) is 69.8 Å². The summed E-state index contributed by atoms with van der Waals surface area (Å²) >= 11 is 0. The molecule has 0 radical (unpaired) electrons. The predicted octanol–water partition coefficient (Wildman–Crippen LogP) is 0.327. The van der Waals surface area contributed by atoms with Crippen LogP contribution < -0.4 is 21.1 Å². The highest BCUT2D eigenvalue weighted by atomic mass is 16.5. The van der Waals surface area contributed by atoms with Crippen LogP contribution in [0.4, 0.5) is 0 Å². The van der Waals surface area contributed by atoms with Crippen molar-refractivity contribution in [2.45, 2.75) is 25.4 Å². The van der Waals surface area contributed by atoms with E-state index in [9.17, 15) is 4.79 Å². The van der Waals surface area contributed by atoms with Gasteiger partial charge in [0.2, 0.25) is 0 Å². The number of amides is 1. The fourth-order valence-corrected chi connectivity index (χ4v) is 2.99. The third-order valence-electron chi connectivity index (χ3n) is 4.50. The fraction of sp³-hybridized carbons (Fsp3) is 0.579. The Kier molecular flexibility index (Phi) is 8.86. The highest BCUT2D eigenvalue weighted by Crippen LogP contribution is 2.13. The number of nitrogens with two attached hydrogens (primary N) is 1. The van der Waals surface area contributed by atoms with Crippen molar-refractivity contribution >= 4 is 11.9 Å². The number of primary amides is 1. The fourth-order valence-electron chi connectivity index (χ4n) is 2.99. The molecule has 4 N–H and O–H groups in total. The lowest BCUT2D eigenvalue weighted by Crippen LogP contribution is -2.48. The van der Waals surface area contributed by atoms with E-state index in [1.807, 2.05) is 18.2 Å². The molecule has 1 aromatic carbocycles. The van der Waals surface area contributed by atoms with Crippen molar-refractivity contribution in [1.29, 1.82) is 0 Å². The number of piperidine rings is 1. The number of methoxy groups -OCH3 is 1. The second-order valence-corrected chi connectivity index (χ2v) is 6.58. The van der Waals surface area contributed by atoms with E-state index in [-0.39, 0.29) is 6.61 Å². The van der Waals surface area contributed by atoms with Crippen LogP contribution in [0.3, 0.4) is 0 Å². The molecule has 0 bridgehead atoms. The number of nitrogens with zero attached hydrogens (tertiary/aromatic N) is 2. The van der Waals surface area contributed by atoms with Crippen molar-refractivity contribution in [2.75, 3.05) is 47.0 Å². The van der Waals surface area contributed by atoms with Crippen molar-refractivity contribution < 1.29 is 14.3 Å². The molecule has 27 heavy (non-hydrogen) atoms. The Hall–Kier alpha value is -2.32. The van der Waals surface area contributed by atoms with Gasteiger partial charge < -0.3 is 30.7 Å². The first-order chi connectivity index (χ1) is 13.1. The van der Waals surface area contributed by atoms with Gasteiger partial charge in [0.1, 0.15) is 5.75 Å². The number of aliphatic imine (C=N–C) groups is 1. The summed E-state index contributed by atoms with van der Waals surface area (Å²) in [6.45, 7) is 4.39. The number of likely N-dealkylation sites (tertiary alicyclic amines) is 1. The number of carbonyl (C=O) groups excluding carboxylic acids is 1. The molecule has 1 fully saturated rings. The van der Waals surface area contributed by atoms with Crippen molar-refractivity contribution in [3.8, 4) is 5.75 Å². The summed E-state index contributed by atoms with van der Waals surface area (Å²) < 4.78 is 10.5. The van der Waals surface area contributed by atoms with Gasteiger partial charge in [0.15, 0.2) is 12.6 Å². The second-order valence-electron chi connectivity index (χ2n) is 6.58. The maximum atomic E-state index is 10.8. The number of ether oxygens (including phenoxy) is 2. The number of hydrogen-bond donors (Lipinski definition) is 3. The van der Waals surface area contributed by atoms with E-state index in [1.165, 1.54) is 0 Å². The smallest absolute Gasteiger partial charge is 0.255 e. The molecule has 8 nitrogen and oxygen atoms in total. The number of carbonyl (C=O) groups is 1. The van der Waals surface area contributed by atoms with Crippen LogP contribution in [0, 0.1) is 0 Å². The van der Waals surface area contributed by atoms with Crippen molar-refractivity contribution in [2.24, 2.45) is 10.7 Å². The summed E-state index contributed by atoms with van der Waals surface area (Å²) in [6.07, 6.45) is 2.17. The van der Waals surface area contributed by atoms with Crippen LogP contribution in [0.1, 0.15) is 18.4 Å². The average molecular weight is 377 g/mol. The van der Waals surface area contributed by atoms with Crippen molar-refractivity contribution in [1.82, 2.24) is 15.5 Å². The predicted molar refractivity (Wildman–Crippen MR) is 106 cm³/mol. The molecule has 1 aliphatic rings. The van der Waals surface area contributed by atoms with Crippen molar-refractivity contribution in [3.05, 3.63) is 29.8 Å². The monoisotopic (exact) mass is 377 g/mol. The SMILES string of the molecule is CN=C(NCc1cccc(OCC(N)=O)c1)NC1CCN(CCOC)CC1. The second kappa shape index (κ2) is 11.4. The van der Waals surface area contributed by atoms with Gasteiger partial charge in [-0.05, 0) is 30.5 Å². The van der Waals surface area contributed by atoms with Gasteiger partial charge in [0, 0.05) is 46.4 Å². The summed E-state index contributed by atoms with van der Waals surface area (Å²) in [5.74, 6) is 0.921. The number of rotatable bonds is 9. The van der Waals surface area contributed by atoms with Gasteiger partial charge in [-0.25, -0.2) is 0 Å². The first-order valence-electron chi connectivity index (χ1n) is 9.29. The molecule has 0 aromatic heterocycles. The quantitative estimate of drug-likeness (QED) is 0.423. The number of benzene rings is 1. The summed E-state index contributed by atoms with van der Waals surface area (Å²) in [4.78, 5) is 17.6. The number of nitrogens with one attached hydrogen (secondary N) is 2. The lowest BCUT2D eigenvalue weighted by Gasteiger charge is -2.32. The molecular formula is C19H31N5O3. The molecule has 1 aromatic rings. The van der Waals surface area contributed by atoms with E-state index in [0.717, 1.165) is 50.6 Å². The van der Waals surface area contributed by atoms with E-state index in [4.69, 9.17) is 15.2 Å². The highest BCUT2D eigenvalue weighted by molar-refractivity contribution is 5.80. The van der Waals surface area contributed by atoms with E-state index < -0.39 is 5.91 Å². The maximum absolute atomic E-state index is 10.8. The summed E-state index contributed by atoms with van der Waals surface area (Å²) in [7, 11) is 3.51.